The molecule has 6 heteroatoms. The molecule has 2 rings (SSSR count). The molecule has 0 aliphatic heterocycles. The molecular formula is C18H22N2O3S. The molecule has 0 heterocycles. The maximum Gasteiger partial charge on any atom is 0.251 e. The fourth-order valence-corrected chi connectivity index (χ4v) is 3.21. The van der Waals surface area contributed by atoms with Crippen molar-refractivity contribution >= 4 is 15.9 Å². The maximum atomic E-state index is 12.4. The van der Waals surface area contributed by atoms with E-state index in [1.807, 2.05) is 30.3 Å². The molecule has 0 aromatic heterocycles. The molecule has 2 aromatic rings. The normalized spacial score (nSPS) is 11.5. The van der Waals surface area contributed by atoms with Gasteiger partial charge in [0.15, 0.2) is 0 Å². The van der Waals surface area contributed by atoms with Crippen molar-refractivity contribution in [2.24, 2.45) is 0 Å². The van der Waals surface area contributed by atoms with E-state index in [1.165, 1.54) is 26.2 Å². The van der Waals surface area contributed by atoms with Gasteiger partial charge in [-0.05, 0) is 36.6 Å². The summed E-state index contributed by atoms with van der Waals surface area (Å²) in [5.41, 5.74) is 2.26. The zero-order chi connectivity index (χ0) is 17.7. The molecule has 0 aliphatic rings. The molecule has 0 fully saturated rings. The number of amides is 1. The molecule has 1 amide bonds. The predicted molar refractivity (Wildman–Crippen MR) is 94.5 cm³/mol. The summed E-state index contributed by atoms with van der Waals surface area (Å²) in [6.07, 6.45) is 0.724. The third-order valence-electron chi connectivity index (χ3n) is 3.77. The first-order chi connectivity index (χ1) is 11.3. The molecule has 0 bridgehead atoms. The van der Waals surface area contributed by atoms with Crippen LogP contribution >= 0.6 is 0 Å². The van der Waals surface area contributed by atoms with Crippen molar-refractivity contribution in [2.45, 2.75) is 18.2 Å². The highest BCUT2D eigenvalue weighted by atomic mass is 32.2. The fraction of sp³-hybridized carbons (Fsp3) is 0.278. The summed E-state index contributed by atoms with van der Waals surface area (Å²) in [5, 5.41) is 2.85. The Morgan fingerprint density at radius 2 is 1.75 bits per heavy atom. The lowest BCUT2D eigenvalue weighted by Gasteiger charge is -2.14. The lowest BCUT2D eigenvalue weighted by molar-refractivity contribution is 0.0953. The average molecular weight is 346 g/mol. The van der Waals surface area contributed by atoms with Crippen molar-refractivity contribution in [1.82, 2.24) is 9.62 Å². The minimum absolute atomic E-state index is 0.117. The zero-order valence-corrected chi connectivity index (χ0v) is 14.9. The number of carbonyl (C=O) groups excluding carboxylic acids is 1. The molecule has 0 aliphatic carbocycles. The zero-order valence-electron chi connectivity index (χ0n) is 14.1. The molecule has 1 N–H and O–H groups in total. The molecule has 0 spiro atoms. The number of benzene rings is 2. The summed E-state index contributed by atoms with van der Waals surface area (Å²) in [6, 6.07) is 14.5. The van der Waals surface area contributed by atoms with Gasteiger partial charge in [0.2, 0.25) is 10.0 Å². The van der Waals surface area contributed by atoms with E-state index >= 15 is 0 Å². The minimum atomic E-state index is -3.56. The predicted octanol–water partition coefficient (Wildman–Crippen LogP) is 2.22. The monoisotopic (exact) mass is 346 g/mol. The quantitative estimate of drug-likeness (QED) is 0.872. The van der Waals surface area contributed by atoms with Crippen molar-refractivity contribution in [1.29, 1.82) is 0 Å². The van der Waals surface area contributed by atoms with Crippen LogP contribution in [0.15, 0.2) is 53.4 Å². The minimum Gasteiger partial charge on any atom is -0.352 e. The van der Waals surface area contributed by atoms with Crippen molar-refractivity contribution in [3.05, 3.63) is 65.2 Å². The number of sulfonamides is 1. The summed E-state index contributed by atoms with van der Waals surface area (Å²) in [7, 11) is -0.626. The SMILES string of the molecule is Cc1ccc(S(=O)(=O)N(C)C)cc1C(=O)NCCc1ccccc1. The van der Waals surface area contributed by atoms with E-state index in [0.29, 0.717) is 12.1 Å². The Morgan fingerprint density at radius 1 is 1.08 bits per heavy atom. The van der Waals surface area contributed by atoms with Crippen LogP contribution in [0.2, 0.25) is 0 Å². The number of nitrogens with zero attached hydrogens (tertiary/aromatic N) is 1. The number of hydrogen-bond donors (Lipinski definition) is 1. The first-order valence-electron chi connectivity index (χ1n) is 7.67. The van der Waals surface area contributed by atoms with Crippen LogP contribution in [0.3, 0.4) is 0 Å². The largest absolute Gasteiger partial charge is 0.352 e. The van der Waals surface area contributed by atoms with Crippen LogP contribution < -0.4 is 5.32 Å². The Bertz CT molecular complexity index is 815. The Labute approximate surface area is 143 Å². The second-order valence-electron chi connectivity index (χ2n) is 5.76. The van der Waals surface area contributed by atoms with Crippen molar-refractivity contribution in [2.75, 3.05) is 20.6 Å². The van der Waals surface area contributed by atoms with E-state index in [9.17, 15) is 13.2 Å². The Kier molecular flexibility index (Phi) is 5.75. The number of hydrogen-bond acceptors (Lipinski definition) is 3. The molecule has 0 atom stereocenters. The van der Waals surface area contributed by atoms with Gasteiger partial charge >= 0.3 is 0 Å². The summed E-state index contributed by atoms with van der Waals surface area (Å²) in [4.78, 5) is 12.5. The summed E-state index contributed by atoms with van der Waals surface area (Å²) >= 11 is 0. The van der Waals surface area contributed by atoms with Gasteiger partial charge in [0, 0.05) is 26.2 Å². The lowest BCUT2D eigenvalue weighted by Crippen LogP contribution is -2.27. The molecule has 0 saturated carbocycles. The van der Waals surface area contributed by atoms with Crippen LogP contribution in [-0.4, -0.2) is 39.3 Å². The standard InChI is InChI=1S/C18H22N2O3S/c1-14-9-10-16(24(22,23)20(2)3)13-17(14)18(21)19-12-11-15-7-5-4-6-8-15/h4-10,13H,11-12H2,1-3H3,(H,19,21). The molecule has 0 saturated heterocycles. The van der Waals surface area contributed by atoms with Gasteiger partial charge in [0.25, 0.3) is 5.91 Å². The number of nitrogens with one attached hydrogen (secondary N) is 1. The summed E-state index contributed by atoms with van der Waals surface area (Å²) in [6.45, 7) is 2.28. The molecule has 24 heavy (non-hydrogen) atoms. The maximum absolute atomic E-state index is 12.4. The topological polar surface area (TPSA) is 66.5 Å². The van der Waals surface area contributed by atoms with Crippen molar-refractivity contribution < 1.29 is 13.2 Å². The van der Waals surface area contributed by atoms with Gasteiger partial charge in [-0.25, -0.2) is 12.7 Å². The second kappa shape index (κ2) is 7.59. The van der Waals surface area contributed by atoms with E-state index in [2.05, 4.69) is 5.32 Å². The van der Waals surface area contributed by atoms with Gasteiger partial charge in [-0.1, -0.05) is 36.4 Å². The van der Waals surface area contributed by atoms with E-state index in [1.54, 1.807) is 13.0 Å². The van der Waals surface area contributed by atoms with Crippen LogP contribution in [0, 0.1) is 6.92 Å². The molecule has 128 valence electrons. The van der Waals surface area contributed by atoms with E-state index < -0.39 is 10.0 Å². The number of rotatable bonds is 6. The van der Waals surface area contributed by atoms with Crippen LogP contribution in [0.5, 0.6) is 0 Å². The number of carbonyl (C=O) groups is 1. The molecule has 0 radical (unpaired) electrons. The van der Waals surface area contributed by atoms with Crippen LogP contribution in [0.25, 0.3) is 0 Å². The van der Waals surface area contributed by atoms with Crippen LogP contribution in [0.1, 0.15) is 21.5 Å². The number of aryl methyl sites for hydroxylation is 1. The van der Waals surface area contributed by atoms with E-state index in [0.717, 1.165) is 21.9 Å². The Morgan fingerprint density at radius 3 is 2.38 bits per heavy atom. The fourth-order valence-electron chi connectivity index (χ4n) is 2.28. The lowest BCUT2D eigenvalue weighted by atomic mass is 10.1. The highest BCUT2D eigenvalue weighted by Gasteiger charge is 2.20. The van der Waals surface area contributed by atoms with Gasteiger partial charge in [-0.2, -0.15) is 0 Å². The van der Waals surface area contributed by atoms with Gasteiger partial charge in [0.05, 0.1) is 4.90 Å². The van der Waals surface area contributed by atoms with Gasteiger partial charge in [-0.15, -0.1) is 0 Å². The molecular weight excluding hydrogens is 324 g/mol. The highest BCUT2D eigenvalue weighted by molar-refractivity contribution is 7.89. The van der Waals surface area contributed by atoms with Gasteiger partial charge < -0.3 is 5.32 Å². The van der Waals surface area contributed by atoms with Gasteiger partial charge in [0.1, 0.15) is 0 Å². The Hall–Kier alpha value is -2.18. The molecule has 2 aromatic carbocycles. The van der Waals surface area contributed by atoms with E-state index in [4.69, 9.17) is 0 Å². The average Bonchev–Trinajstić information content (AvgIpc) is 2.55. The third-order valence-corrected chi connectivity index (χ3v) is 5.59. The van der Waals surface area contributed by atoms with Gasteiger partial charge in [-0.3, -0.25) is 4.79 Å². The highest BCUT2D eigenvalue weighted by Crippen LogP contribution is 2.18. The first kappa shape index (κ1) is 18.2. The third kappa shape index (κ3) is 4.21. The molecule has 5 nitrogen and oxygen atoms in total. The Balaban J connectivity index is 2.11. The van der Waals surface area contributed by atoms with Crippen LogP contribution in [-0.2, 0) is 16.4 Å². The smallest absolute Gasteiger partial charge is 0.251 e. The first-order valence-corrected chi connectivity index (χ1v) is 9.11. The van der Waals surface area contributed by atoms with Crippen molar-refractivity contribution in [3.63, 3.8) is 0 Å². The molecule has 0 unspecified atom stereocenters. The van der Waals surface area contributed by atoms with Crippen LogP contribution in [0.4, 0.5) is 0 Å². The van der Waals surface area contributed by atoms with Crippen molar-refractivity contribution in [3.8, 4) is 0 Å². The summed E-state index contributed by atoms with van der Waals surface area (Å²) in [5.74, 6) is -0.265. The van der Waals surface area contributed by atoms with E-state index in [-0.39, 0.29) is 10.8 Å². The summed E-state index contributed by atoms with van der Waals surface area (Å²) < 4.78 is 25.6. The second-order valence-corrected chi connectivity index (χ2v) is 7.91.